The highest BCUT2D eigenvalue weighted by Gasteiger charge is 2.31. The monoisotopic (exact) mass is 274 g/mol. The van der Waals surface area contributed by atoms with E-state index in [2.05, 4.69) is 21.8 Å². The summed E-state index contributed by atoms with van der Waals surface area (Å²) < 4.78 is 0. The van der Waals surface area contributed by atoms with Crippen LogP contribution in [0.5, 0.6) is 0 Å². The van der Waals surface area contributed by atoms with Gasteiger partial charge < -0.3 is 15.5 Å². The fourth-order valence-electron chi connectivity index (χ4n) is 3.46. The third-order valence-electron chi connectivity index (χ3n) is 4.58. The number of fused-ring (bicyclic) bond motifs is 3. The zero-order valence-corrected chi connectivity index (χ0v) is 12.0. The molecular weight excluding hydrogens is 252 g/mol. The number of nitrogens with two attached hydrogens (primary N) is 1. The minimum Gasteiger partial charge on any atom is -0.366 e. The van der Waals surface area contributed by atoms with E-state index in [4.69, 9.17) is 5.73 Å². The Morgan fingerprint density at radius 3 is 3.00 bits per heavy atom. The molecule has 0 saturated carbocycles. The summed E-state index contributed by atoms with van der Waals surface area (Å²) in [6, 6.07) is 4.08. The quantitative estimate of drug-likeness (QED) is 0.877. The first-order valence-electron chi connectivity index (χ1n) is 7.34. The lowest BCUT2D eigenvalue weighted by molar-refractivity contribution is 0.1000. The van der Waals surface area contributed by atoms with Crippen molar-refractivity contribution in [2.75, 3.05) is 31.6 Å². The lowest BCUT2D eigenvalue weighted by atomic mass is 10.00. The molecule has 2 aliphatic rings. The molecule has 1 aromatic heterocycles. The topological polar surface area (TPSA) is 62.5 Å². The second-order valence-corrected chi connectivity index (χ2v) is 6.06. The number of primary amides is 1. The van der Waals surface area contributed by atoms with Gasteiger partial charge in [-0.15, -0.1) is 0 Å². The van der Waals surface area contributed by atoms with Crippen molar-refractivity contribution in [3.63, 3.8) is 0 Å². The predicted molar refractivity (Wildman–Crippen MR) is 78.7 cm³/mol. The molecule has 2 N–H and O–H groups in total. The number of aromatic nitrogens is 1. The van der Waals surface area contributed by atoms with Crippen LogP contribution in [0.1, 0.15) is 29.6 Å². The van der Waals surface area contributed by atoms with Crippen molar-refractivity contribution in [1.82, 2.24) is 9.88 Å². The number of hydrogen-bond acceptors (Lipinski definition) is 4. The molecule has 0 radical (unpaired) electrons. The standard InChI is InChI=1S/C15H22N4O/c1-18-8-11-3-2-4-13(18)10-19(9-11)14-7-12(15(16)20)5-6-17-14/h5-7,11,13H,2-4,8-10H2,1H3,(H2,16,20)/t11-,13-/m0/s1. The Hall–Kier alpha value is -1.62. The molecule has 2 aliphatic heterocycles. The van der Waals surface area contributed by atoms with Gasteiger partial charge in [0.25, 0.3) is 0 Å². The second-order valence-electron chi connectivity index (χ2n) is 6.06. The van der Waals surface area contributed by atoms with E-state index in [1.807, 2.05) is 6.07 Å². The molecule has 20 heavy (non-hydrogen) atoms. The third-order valence-corrected chi connectivity index (χ3v) is 4.58. The van der Waals surface area contributed by atoms with Crippen LogP contribution in [0.25, 0.3) is 0 Å². The van der Waals surface area contributed by atoms with Crippen LogP contribution < -0.4 is 10.6 Å². The molecule has 108 valence electrons. The third kappa shape index (κ3) is 2.63. The first kappa shape index (κ1) is 13.4. The molecule has 2 atom stereocenters. The van der Waals surface area contributed by atoms with Gasteiger partial charge in [-0.1, -0.05) is 6.42 Å². The Kier molecular flexibility index (Phi) is 3.61. The van der Waals surface area contributed by atoms with Crippen LogP contribution in [-0.4, -0.2) is 48.5 Å². The highest BCUT2D eigenvalue weighted by Crippen LogP contribution is 2.28. The first-order chi connectivity index (χ1) is 9.63. The van der Waals surface area contributed by atoms with Gasteiger partial charge in [-0.3, -0.25) is 4.79 Å². The number of carbonyl (C=O) groups is 1. The number of carbonyl (C=O) groups excluding carboxylic acids is 1. The minimum absolute atomic E-state index is 0.388. The molecule has 1 amide bonds. The van der Waals surface area contributed by atoms with Crippen molar-refractivity contribution in [3.8, 4) is 0 Å². The Morgan fingerprint density at radius 2 is 2.20 bits per heavy atom. The van der Waals surface area contributed by atoms with Crippen LogP contribution in [0.15, 0.2) is 18.3 Å². The van der Waals surface area contributed by atoms with Gasteiger partial charge >= 0.3 is 0 Å². The van der Waals surface area contributed by atoms with Crippen molar-refractivity contribution in [2.24, 2.45) is 11.7 Å². The molecule has 0 aliphatic carbocycles. The summed E-state index contributed by atoms with van der Waals surface area (Å²) >= 11 is 0. The summed E-state index contributed by atoms with van der Waals surface area (Å²) in [4.78, 5) is 20.6. The van der Waals surface area contributed by atoms with Gasteiger partial charge in [0.05, 0.1) is 0 Å². The summed E-state index contributed by atoms with van der Waals surface area (Å²) in [6.07, 6.45) is 5.54. The molecule has 0 spiro atoms. The molecule has 5 nitrogen and oxygen atoms in total. The summed E-state index contributed by atoms with van der Waals surface area (Å²) in [5.41, 5.74) is 5.90. The van der Waals surface area contributed by atoms with Gasteiger partial charge in [0, 0.05) is 37.4 Å². The Balaban J connectivity index is 1.86. The SMILES string of the molecule is CN1C[C@@H]2CCC[C@H]1CN(c1cc(C(N)=O)ccn1)C2. The molecular formula is C15H22N4O. The van der Waals surface area contributed by atoms with Crippen LogP contribution in [0.2, 0.25) is 0 Å². The van der Waals surface area contributed by atoms with Gasteiger partial charge in [-0.2, -0.15) is 0 Å². The molecule has 1 aromatic rings. The molecule has 2 saturated heterocycles. The maximum absolute atomic E-state index is 11.3. The normalized spacial score (nSPS) is 27.1. The van der Waals surface area contributed by atoms with Gasteiger partial charge in [-0.05, 0) is 37.9 Å². The van der Waals surface area contributed by atoms with Crippen LogP contribution in [-0.2, 0) is 0 Å². The molecule has 3 rings (SSSR count). The van der Waals surface area contributed by atoms with E-state index in [9.17, 15) is 4.79 Å². The number of rotatable bonds is 2. The van der Waals surface area contributed by atoms with Crippen molar-refractivity contribution in [2.45, 2.75) is 25.3 Å². The number of nitrogens with zero attached hydrogens (tertiary/aromatic N) is 3. The van der Waals surface area contributed by atoms with Gasteiger partial charge in [-0.25, -0.2) is 4.98 Å². The Morgan fingerprint density at radius 1 is 1.35 bits per heavy atom. The fourth-order valence-corrected chi connectivity index (χ4v) is 3.46. The molecule has 0 aromatic carbocycles. The van der Waals surface area contributed by atoms with E-state index in [0.717, 1.165) is 25.5 Å². The number of hydrogen-bond donors (Lipinski definition) is 1. The van der Waals surface area contributed by atoms with E-state index in [-0.39, 0.29) is 5.91 Å². The van der Waals surface area contributed by atoms with Crippen molar-refractivity contribution in [1.29, 1.82) is 0 Å². The average molecular weight is 274 g/mol. The molecule has 5 heteroatoms. The number of pyridine rings is 1. The zero-order valence-electron chi connectivity index (χ0n) is 12.0. The lowest BCUT2D eigenvalue weighted by Gasteiger charge is -2.30. The lowest BCUT2D eigenvalue weighted by Crippen LogP contribution is -2.39. The molecule has 2 bridgehead atoms. The van der Waals surface area contributed by atoms with Crippen molar-refractivity contribution in [3.05, 3.63) is 23.9 Å². The van der Waals surface area contributed by atoms with E-state index < -0.39 is 0 Å². The maximum Gasteiger partial charge on any atom is 0.248 e. The van der Waals surface area contributed by atoms with Crippen LogP contribution in [0.4, 0.5) is 5.82 Å². The fraction of sp³-hybridized carbons (Fsp3) is 0.600. The molecule has 3 heterocycles. The first-order valence-corrected chi connectivity index (χ1v) is 7.34. The number of amides is 1. The van der Waals surface area contributed by atoms with Crippen LogP contribution >= 0.6 is 0 Å². The second kappa shape index (κ2) is 5.40. The summed E-state index contributed by atoms with van der Waals surface area (Å²) in [6.45, 7) is 3.18. The zero-order chi connectivity index (χ0) is 14.1. The summed E-state index contributed by atoms with van der Waals surface area (Å²) in [5, 5.41) is 0. The molecule has 0 unspecified atom stereocenters. The average Bonchev–Trinajstić information content (AvgIpc) is 2.67. The van der Waals surface area contributed by atoms with E-state index in [1.165, 1.54) is 19.3 Å². The predicted octanol–water partition coefficient (Wildman–Crippen LogP) is 1.10. The van der Waals surface area contributed by atoms with Gasteiger partial charge in [0.15, 0.2) is 0 Å². The number of anilines is 1. The van der Waals surface area contributed by atoms with E-state index in [1.54, 1.807) is 12.3 Å². The maximum atomic E-state index is 11.3. The Labute approximate surface area is 119 Å². The van der Waals surface area contributed by atoms with Crippen molar-refractivity contribution >= 4 is 11.7 Å². The highest BCUT2D eigenvalue weighted by molar-refractivity contribution is 5.93. The van der Waals surface area contributed by atoms with Crippen LogP contribution in [0.3, 0.4) is 0 Å². The van der Waals surface area contributed by atoms with Crippen molar-refractivity contribution < 1.29 is 4.79 Å². The smallest absolute Gasteiger partial charge is 0.248 e. The molecule has 2 fully saturated rings. The van der Waals surface area contributed by atoms with Crippen LogP contribution in [0, 0.1) is 5.92 Å². The summed E-state index contributed by atoms with van der Waals surface area (Å²) in [7, 11) is 2.22. The minimum atomic E-state index is -0.388. The van der Waals surface area contributed by atoms with E-state index in [0.29, 0.717) is 17.5 Å². The Bertz CT molecular complexity index is 504. The summed E-state index contributed by atoms with van der Waals surface area (Å²) in [5.74, 6) is 1.18. The van der Waals surface area contributed by atoms with E-state index >= 15 is 0 Å². The highest BCUT2D eigenvalue weighted by atomic mass is 16.1. The van der Waals surface area contributed by atoms with Gasteiger partial charge in [0.2, 0.25) is 5.91 Å². The van der Waals surface area contributed by atoms with Gasteiger partial charge in [0.1, 0.15) is 5.82 Å². The number of likely N-dealkylation sites (N-methyl/N-ethyl adjacent to an activating group) is 1. The largest absolute Gasteiger partial charge is 0.366 e.